The molecule has 2 aromatic heterocycles. The zero-order chi connectivity index (χ0) is 20.5. The second-order valence-corrected chi connectivity index (χ2v) is 5.99. The Labute approximate surface area is 162 Å². The predicted octanol–water partition coefficient (Wildman–Crippen LogP) is 3.48. The first-order valence-corrected chi connectivity index (χ1v) is 8.34. The number of nitro groups is 1. The summed E-state index contributed by atoms with van der Waals surface area (Å²) in [5, 5.41) is 11.9. The molecule has 0 N–H and O–H groups in total. The highest BCUT2D eigenvalue weighted by Gasteiger charge is 2.21. The van der Waals surface area contributed by atoms with Crippen molar-refractivity contribution in [1.29, 1.82) is 0 Å². The average Bonchev–Trinajstić information content (AvgIpc) is 2.72. The average molecular weight is 392 g/mol. The topological polar surface area (TPSA) is 122 Å². The Morgan fingerprint density at radius 1 is 1.14 bits per heavy atom. The second-order valence-electron chi connectivity index (χ2n) is 5.99. The Hall–Kier alpha value is -4.27. The number of carbonyl (C=O) groups excluding carboxylic acids is 1. The van der Waals surface area contributed by atoms with Gasteiger partial charge < -0.3 is 13.9 Å². The molecule has 9 heteroatoms. The van der Waals surface area contributed by atoms with E-state index in [0.29, 0.717) is 10.9 Å². The highest BCUT2D eigenvalue weighted by Crippen LogP contribution is 2.31. The largest absolute Gasteiger partial charge is 0.493 e. The molecule has 0 atom stereocenters. The van der Waals surface area contributed by atoms with E-state index < -0.39 is 22.1 Å². The van der Waals surface area contributed by atoms with Crippen LogP contribution in [0.2, 0.25) is 0 Å². The fraction of sp³-hybridized carbons (Fsp3) is 0.0500. The molecule has 29 heavy (non-hydrogen) atoms. The summed E-state index contributed by atoms with van der Waals surface area (Å²) < 4.78 is 15.6. The van der Waals surface area contributed by atoms with Crippen LogP contribution in [0.3, 0.4) is 0 Å². The standard InChI is InChI=1S/C20H12N2O7/c1-27-17-10-12(22(25)26)8-11-9-14(20(24)29-18(11)17)19(23)28-16-6-2-5-15-13(16)4-3-7-21-15/h2-10H,1H3. The maximum absolute atomic E-state index is 12.6. The molecule has 0 aliphatic carbocycles. The number of fused-ring (bicyclic) bond motifs is 2. The molecule has 0 amide bonds. The summed E-state index contributed by atoms with van der Waals surface area (Å²) in [6, 6.07) is 11.9. The zero-order valence-electron chi connectivity index (χ0n) is 14.9. The molecule has 2 heterocycles. The molecule has 0 bridgehead atoms. The Kier molecular flexibility index (Phi) is 4.40. The third-order valence-electron chi connectivity index (χ3n) is 4.24. The lowest BCUT2D eigenvalue weighted by molar-refractivity contribution is -0.384. The molecular formula is C20H12N2O7. The van der Waals surface area contributed by atoms with Crippen molar-refractivity contribution < 1.29 is 23.6 Å². The lowest BCUT2D eigenvalue weighted by Gasteiger charge is -2.08. The summed E-state index contributed by atoms with van der Waals surface area (Å²) in [7, 11) is 1.29. The molecule has 9 nitrogen and oxygen atoms in total. The van der Waals surface area contributed by atoms with Gasteiger partial charge in [0.25, 0.3) is 5.69 Å². The number of carbonyl (C=O) groups is 1. The number of hydrogen-bond acceptors (Lipinski definition) is 8. The van der Waals surface area contributed by atoms with Crippen LogP contribution in [0.5, 0.6) is 11.5 Å². The summed E-state index contributed by atoms with van der Waals surface area (Å²) in [5.41, 5.74) is -1.02. The Morgan fingerprint density at radius 3 is 2.72 bits per heavy atom. The number of rotatable bonds is 4. The smallest absolute Gasteiger partial charge is 0.351 e. The number of esters is 1. The van der Waals surface area contributed by atoms with Crippen molar-refractivity contribution in [2.24, 2.45) is 0 Å². The molecule has 2 aromatic carbocycles. The number of hydrogen-bond donors (Lipinski definition) is 0. The molecule has 4 aromatic rings. The van der Waals surface area contributed by atoms with Crippen molar-refractivity contribution in [1.82, 2.24) is 4.98 Å². The molecule has 0 spiro atoms. The maximum atomic E-state index is 12.6. The van der Waals surface area contributed by atoms with Gasteiger partial charge in [0.05, 0.1) is 23.6 Å². The second kappa shape index (κ2) is 7.04. The fourth-order valence-electron chi connectivity index (χ4n) is 2.91. The van der Waals surface area contributed by atoms with Crippen LogP contribution in [0.4, 0.5) is 5.69 Å². The van der Waals surface area contributed by atoms with Crippen LogP contribution < -0.4 is 15.1 Å². The van der Waals surface area contributed by atoms with Crippen molar-refractivity contribution in [3.8, 4) is 11.5 Å². The number of benzene rings is 2. The van der Waals surface area contributed by atoms with Crippen molar-refractivity contribution >= 4 is 33.5 Å². The fourth-order valence-corrected chi connectivity index (χ4v) is 2.91. The Balaban J connectivity index is 1.80. The number of nitrogens with zero attached hydrogens (tertiary/aromatic N) is 2. The summed E-state index contributed by atoms with van der Waals surface area (Å²) in [6.45, 7) is 0. The number of ether oxygens (including phenoxy) is 2. The van der Waals surface area contributed by atoms with Crippen LogP contribution in [0.1, 0.15) is 10.4 Å². The van der Waals surface area contributed by atoms with Crippen molar-refractivity contribution in [3.05, 3.63) is 80.8 Å². The monoisotopic (exact) mass is 392 g/mol. The minimum Gasteiger partial charge on any atom is -0.493 e. The zero-order valence-corrected chi connectivity index (χ0v) is 14.9. The van der Waals surface area contributed by atoms with Crippen LogP contribution in [-0.4, -0.2) is 23.0 Å². The first-order valence-electron chi connectivity index (χ1n) is 8.34. The number of non-ortho nitro benzene ring substituents is 1. The van der Waals surface area contributed by atoms with Crippen LogP contribution in [0.15, 0.2) is 63.9 Å². The van der Waals surface area contributed by atoms with Crippen molar-refractivity contribution in [2.45, 2.75) is 0 Å². The van der Waals surface area contributed by atoms with E-state index in [0.717, 1.165) is 6.07 Å². The van der Waals surface area contributed by atoms with Gasteiger partial charge in [0.1, 0.15) is 11.3 Å². The van der Waals surface area contributed by atoms with Gasteiger partial charge in [-0.3, -0.25) is 15.1 Å². The summed E-state index contributed by atoms with van der Waals surface area (Å²) >= 11 is 0. The van der Waals surface area contributed by atoms with Gasteiger partial charge in [0.15, 0.2) is 11.3 Å². The van der Waals surface area contributed by atoms with E-state index in [1.54, 1.807) is 36.5 Å². The van der Waals surface area contributed by atoms with Gasteiger partial charge in [0.2, 0.25) is 0 Å². The minimum absolute atomic E-state index is 0.00555. The van der Waals surface area contributed by atoms with Crippen LogP contribution in [0.25, 0.3) is 21.9 Å². The van der Waals surface area contributed by atoms with Crippen LogP contribution in [-0.2, 0) is 0 Å². The van der Waals surface area contributed by atoms with Gasteiger partial charge in [-0.05, 0) is 30.3 Å². The molecule has 0 saturated carbocycles. The predicted molar refractivity (Wildman–Crippen MR) is 102 cm³/mol. The highest BCUT2D eigenvalue weighted by atomic mass is 16.6. The van der Waals surface area contributed by atoms with Crippen molar-refractivity contribution in [3.63, 3.8) is 0 Å². The lowest BCUT2D eigenvalue weighted by atomic mass is 10.1. The van der Waals surface area contributed by atoms with Crippen LogP contribution >= 0.6 is 0 Å². The first kappa shape index (κ1) is 18.1. The SMILES string of the molecule is COc1cc([N+](=O)[O-])cc2cc(C(=O)Oc3cccc4ncccc34)c(=O)oc12. The lowest BCUT2D eigenvalue weighted by Crippen LogP contribution is -2.19. The van der Waals surface area contributed by atoms with Gasteiger partial charge in [-0.25, -0.2) is 9.59 Å². The van der Waals surface area contributed by atoms with Gasteiger partial charge in [0, 0.05) is 23.0 Å². The Morgan fingerprint density at radius 2 is 1.97 bits per heavy atom. The number of nitro benzene ring substituents is 1. The third kappa shape index (κ3) is 3.25. The van der Waals surface area contributed by atoms with E-state index in [9.17, 15) is 19.7 Å². The molecule has 0 aliphatic heterocycles. The molecule has 0 fully saturated rings. The van der Waals surface area contributed by atoms with Gasteiger partial charge in [-0.1, -0.05) is 6.07 Å². The van der Waals surface area contributed by atoms with Gasteiger partial charge in [-0.2, -0.15) is 0 Å². The minimum atomic E-state index is -0.956. The summed E-state index contributed by atoms with van der Waals surface area (Å²) in [4.78, 5) is 39.7. The van der Waals surface area contributed by atoms with E-state index in [-0.39, 0.29) is 28.2 Å². The van der Waals surface area contributed by atoms with Crippen LogP contribution in [0, 0.1) is 10.1 Å². The maximum Gasteiger partial charge on any atom is 0.351 e. The molecule has 4 rings (SSSR count). The number of aromatic nitrogens is 1. The molecule has 0 saturated heterocycles. The molecule has 0 unspecified atom stereocenters. The van der Waals surface area contributed by atoms with E-state index in [4.69, 9.17) is 13.9 Å². The van der Waals surface area contributed by atoms with Gasteiger partial charge >= 0.3 is 11.6 Å². The highest BCUT2D eigenvalue weighted by molar-refractivity contribution is 5.97. The van der Waals surface area contributed by atoms with E-state index in [2.05, 4.69) is 4.98 Å². The summed E-state index contributed by atoms with van der Waals surface area (Å²) in [5.74, 6) is -0.731. The van der Waals surface area contributed by atoms with Gasteiger partial charge in [-0.15, -0.1) is 0 Å². The van der Waals surface area contributed by atoms with Crippen molar-refractivity contribution in [2.75, 3.05) is 7.11 Å². The quantitative estimate of drug-likeness (QED) is 0.170. The molecule has 0 radical (unpaired) electrons. The number of pyridine rings is 1. The normalized spacial score (nSPS) is 10.8. The molecule has 144 valence electrons. The molecular weight excluding hydrogens is 380 g/mol. The van der Waals surface area contributed by atoms with E-state index >= 15 is 0 Å². The summed E-state index contributed by atoms with van der Waals surface area (Å²) in [6.07, 6.45) is 1.60. The molecule has 0 aliphatic rings. The Bertz CT molecular complexity index is 1340. The third-order valence-corrected chi connectivity index (χ3v) is 4.24. The first-order chi connectivity index (χ1) is 14.0. The van der Waals surface area contributed by atoms with E-state index in [1.807, 2.05) is 0 Å². The number of methoxy groups -OCH3 is 1. The van der Waals surface area contributed by atoms with E-state index in [1.165, 1.54) is 19.2 Å².